The monoisotopic (exact) mass is 408 g/mol. The Morgan fingerprint density at radius 1 is 1.19 bits per heavy atom. The van der Waals surface area contributed by atoms with Crippen molar-refractivity contribution >= 4 is 27.5 Å². The molecule has 1 saturated heterocycles. The van der Waals surface area contributed by atoms with Gasteiger partial charge in [-0.25, -0.2) is 8.42 Å². The number of carbonyl (C=O) groups excluding carboxylic acids is 1. The van der Waals surface area contributed by atoms with Gasteiger partial charge in [0.1, 0.15) is 11.8 Å². The van der Waals surface area contributed by atoms with Crippen LogP contribution in [0.25, 0.3) is 0 Å². The van der Waals surface area contributed by atoms with Crippen LogP contribution in [0.2, 0.25) is 5.02 Å². The molecule has 1 N–H and O–H groups in total. The molecule has 1 aliphatic heterocycles. The van der Waals surface area contributed by atoms with E-state index in [-0.39, 0.29) is 10.8 Å². The van der Waals surface area contributed by atoms with Crippen LogP contribution in [-0.4, -0.2) is 38.3 Å². The molecule has 0 bridgehead atoms. The standard InChI is InChI=1S/C19H21ClN2O4S/c1-26-16-8-4-14(5-9-16)13-21-19(23)18-3-2-12-22(18)27(24,25)17-10-6-15(20)7-11-17/h4-11,18H,2-3,12-13H2,1H3,(H,21,23)/t18-/m1/s1. The topological polar surface area (TPSA) is 75.7 Å². The number of hydrogen-bond acceptors (Lipinski definition) is 4. The van der Waals surface area contributed by atoms with Gasteiger partial charge >= 0.3 is 0 Å². The quantitative estimate of drug-likeness (QED) is 0.797. The molecule has 2 aromatic carbocycles. The average Bonchev–Trinajstić information content (AvgIpc) is 3.18. The summed E-state index contributed by atoms with van der Waals surface area (Å²) >= 11 is 5.84. The fourth-order valence-corrected chi connectivity index (χ4v) is 4.86. The fraction of sp³-hybridized carbons (Fsp3) is 0.316. The fourth-order valence-electron chi connectivity index (χ4n) is 3.08. The first kappa shape index (κ1) is 19.7. The van der Waals surface area contributed by atoms with Gasteiger partial charge in [0.2, 0.25) is 15.9 Å². The predicted octanol–water partition coefficient (Wildman–Crippen LogP) is 2.82. The summed E-state index contributed by atoms with van der Waals surface area (Å²) in [6.45, 7) is 0.653. The molecule has 0 spiro atoms. The van der Waals surface area contributed by atoms with E-state index in [1.165, 1.54) is 28.6 Å². The van der Waals surface area contributed by atoms with E-state index in [0.29, 0.717) is 31.0 Å². The maximum atomic E-state index is 12.9. The van der Waals surface area contributed by atoms with Crippen molar-refractivity contribution < 1.29 is 17.9 Å². The highest BCUT2D eigenvalue weighted by Crippen LogP contribution is 2.27. The highest BCUT2D eigenvalue weighted by atomic mass is 35.5. The second kappa shape index (κ2) is 8.29. The van der Waals surface area contributed by atoms with Crippen molar-refractivity contribution in [1.29, 1.82) is 0 Å². The molecule has 0 aliphatic carbocycles. The van der Waals surface area contributed by atoms with Gasteiger partial charge < -0.3 is 10.1 Å². The maximum absolute atomic E-state index is 12.9. The maximum Gasteiger partial charge on any atom is 0.243 e. The SMILES string of the molecule is COc1ccc(CNC(=O)[C@H]2CCCN2S(=O)(=O)c2ccc(Cl)cc2)cc1. The van der Waals surface area contributed by atoms with Crippen molar-refractivity contribution in [1.82, 2.24) is 9.62 Å². The molecule has 0 unspecified atom stereocenters. The molecule has 1 heterocycles. The molecule has 6 nitrogen and oxygen atoms in total. The van der Waals surface area contributed by atoms with E-state index in [0.717, 1.165) is 11.3 Å². The molecule has 1 aliphatic rings. The van der Waals surface area contributed by atoms with Gasteiger partial charge in [-0.05, 0) is 54.8 Å². The lowest BCUT2D eigenvalue weighted by atomic mass is 10.2. The number of methoxy groups -OCH3 is 1. The summed E-state index contributed by atoms with van der Waals surface area (Å²) in [4.78, 5) is 12.8. The highest BCUT2D eigenvalue weighted by Gasteiger charge is 2.39. The van der Waals surface area contributed by atoms with Crippen molar-refractivity contribution in [2.75, 3.05) is 13.7 Å². The summed E-state index contributed by atoms with van der Waals surface area (Å²) < 4.78 is 32.2. The summed E-state index contributed by atoms with van der Waals surface area (Å²) in [5, 5.41) is 3.30. The third-order valence-corrected chi connectivity index (χ3v) is 6.73. The van der Waals surface area contributed by atoms with E-state index in [1.807, 2.05) is 24.3 Å². The van der Waals surface area contributed by atoms with Crippen LogP contribution in [0.15, 0.2) is 53.4 Å². The molecule has 144 valence electrons. The molecular weight excluding hydrogens is 388 g/mol. The third-order valence-electron chi connectivity index (χ3n) is 4.55. The van der Waals surface area contributed by atoms with E-state index < -0.39 is 16.1 Å². The lowest BCUT2D eigenvalue weighted by molar-refractivity contribution is -0.124. The van der Waals surface area contributed by atoms with Gasteiger partial charge in [0, 0.05) is 18.1 Å². The van der Waals surface area contributed by atoms with Crippen molar-refractivity contribution in [3.05, 3.63) is 59.1 Å². The van der Waals surface area contributed by atoms with Crippen LogP contribution in [-0.2, 0) is 21.4 Å². The zero-order valence-corrected chi connectivity index (χ0v) is 16.5. The number of amides is 1. The number of carbonyl (C=O) groups is 1. The minimum atomic E-state index is -3.74. The molecule has 1 atom stereocenters. The van der Waals surface area contributed by atoms with Crippen molar-refractivity contribution in [3.63, 3.8) is 0 Å². The van der Waals surface area contributed by atoms with Crippen LogP contribution in [0.5, 0.6) is 5.75 Å². The van der Waals surface area contributed by atoms with Crippen LogP contribution < -0.4 is 10.1 Å². The smallest absolute Gasteiger partial charge is 0.243 e. The summed E-state index contributed by atoms with van der Waals surface area (Å²) in [5.74, 6) is 0.446. The summed E-state index contributed by atoms with van der Waals surface area (Å²) in [6, 6.07) is 12.6. The molecular formula is C19H21ClN2O4S. The second-order valence-corrected chi connectivity index (χ2v) is 8.62. The van der Waals surface area contributed by atoms with Gasteiger partial charge in [0.25, 0.3) is 0 Å². The van der Waals surface area contributed by atoms with Crippen molar-refractivity contribution in [2.24, 2.45) is 0 Å². The van der Waals surface area contributed by atoms with Crippen LogP contribution in [0.3, 0.4) is 0 Å². The number of nitrogens with zero attached hydrogens (tertiary/aromatic N) is 1. The highest BCUT2D eigenvalue weighted by molar-refractivity contribution is 7.89. The number of rotatable bonds is 6. The van der Waals surface area contributed by atoms with Gasteiger partial charge in [0.15, 0.2) is 0 Å². The number of benzene rings is 2. The van der Waals surface area contributed by atoms with E-state index >= 15 is 0 Å². The Hall–Kier alpha value is -2.09. The Bertz CT molecular complexity index is 898. The lowest BCUT2D eigenvalue weighted by Gasteiger charge is -2.23. The van der Waals surface area contributed by atoms with Crippen LogP contribution in [0, 0.1) is 0 Å². The number of ether oxygens (including phenoxy) is 1. The number of halogens is 1. The minimum absolute atomic E-state index is 0.141. The summed E-state index contributed by atoms with van der Waals surface area (Å²) in [5.41, 5.74) is 0.911. The first-order chi connectivity index (χ1) is 12.9. The molecule has 8 heteroatoms. The number of sulfonamides is 1. The molecule has 2 aromatic rings. The molecule has 0 saturated carbocycles. The molecule has 0 radical (unpaired) electrons. The van der Waals surface area contributed by atoms with Crippen LogP contribution in [0.4, 0.5) is 0 Å². The largest absolute Gasteiger partial charge is 0.497 e. The van der Waals surface area contributed by atoms with Gasteiger partial charge in [-0.1, -0.05) is 23.7 Å². The average molecular weight is 409 g/mol. The minimum Gasteiger partial charge on any atom is -0.497 e. The lowest BCUT2D eigenvalue weighted by Crippen LogP contribution is -2.45. The zero-order valence-electron chi connectivity index (χ0n) is 14.9. The first-order valence-corrected chi connectivity index (χ1v) is 10.4. The van der Waals surface area contributed by atoms with Crippen molar-refractivity contribution in [3.8, 4) is 5.75 Å². The Morgan fingerprint density at radius 2 is 1.85 bits per heavy atom. The zero-order chi connectivity index (χ0) is 19.4. The Balaban J connectivity index is 1.69. The Kier molecular flexibility index (Phi) is 6.04. The molecule has 3 rings (SSSR count). The normalized spacial score (nSPS) is 17.6. The van der Waals surface area contributed by atoms with Gasteiger partial charge in [-0.15, -0.1) is 0 Å². The van der Waals surface area contributed by atoms with E-state index in [9.17, 15) is 13.2 Å². The second-order valence-electron chi connectivity index (χ2n) is 6.29. The third kappa shape index (κ3) is 4.43. The predicted molar refractivity (Wildman–Crippen MR) is 103 cm³/mol. The van der Waals surface area contributed by atoms with Gasteiger partial charge in [0.05, 0.1) is 12.0 Å². The van der Waals surface area contributed by atoms with E-state index in [4.69, 9.17) is 16.3 Å². The van der Waals surface area contributed by atoms with E-state index in [2.05, 4.69) is 5.32 Å². The molecule has 1 amide bonds. The molecule has 27 heavy (non-hydrogen) atoms. The summed E-state index contributed by atoms with van der Waals surface area (Å²) in [6.07, 6.45) is 1.15. The number of nitrogens with one attached hydrogen (secondary N) is 1. The van der Waals surface area contributed by atoms with Crippen LogP contribution >= 0.6 is 11.6 Å². The Labute approximate surface area is 164 Å². The van der Waals surface area contributed by atoms with Crippen LogP contribution in [0.1, 0.15) is 18.4 Å². The van der Waals surface area contributed by atoms with Gasteiger partial charge in [-0.3, -0.25) is 4.79 Å². The van der Waals surface area contributed by atoms with Gasteiger partial charge in [-0.2, -0.15) is 4.31 Å². The Morgan fingerprint density at radius 3 is 2.48 bits per heavy atom. The summed E-state index contributed by atoms with van der Waals surface area (Å²) in [7, 11) is -2.15. The first-order valence-electron chi connectivity index (χ1n) is 8.60. The number of hydrogen-bond donors (Lipinski definition) is 1. The molecule has 0 aromatic heterocycles. The molecule has 1 fully saturated rings. The van der Waals surface area contributed by atoms with Crippen molar-refractivity contribution in [2.45, 2.75) is 30.3 Å². The van der Waals surface area contributed by atoms with E-state index in [1.54, 1.807) is 7.11 Å².